The van der Waals surface area contributed by atoms with Crippen LogP contribution in [0.2, 0.25) is 0 Å². The molecule has 0 unspecified atom stereocenters. The Morgan fingerprint density at radius 3 is 2.55 bits per heavy atom. The van der Waals surface area contributed by atoms with Crippen LogP contribution in [0.4, 0.5) is 31.5 Å². The maximum atomic E-state index is 14.5. The first kappa shape index (κ1) is 19.6. The largest absolute Gasteiger partial charge is 0.503 e. The zero-order chi connectivity index (χ0) is 21.4. The van der Waals surface area contributed by atoms with E-state index in [-0.39, 0.29) is 17.4 Å². The molecule has 1 atom stereocenters. The normalized spacial score (nSPS) is 18.1. The zero-order valence-corrected chi connectivity index (χ0v) is 16.7. The molecule has 3 aromatic carbocycles. The number of hydrazine groups is 2. The molecular weight excluding hydrogens is 402 g/mol. The lowest BCUT2D eigenvalue weighted by Gasteiger charge is -2.37. The molecule has 3 N–H and O–H groups in total. The minimum absolute atomic E-state index is 0.0416. The van der Waals surface area contributed by atoms with Crippen molar-refractivity contribution in [1.82, 2.24) is 5.53 Å². The van der Waals surface area contributed by atoms with Gasteiger partial charge in [-0.15, -0.1) is 5.53 Å². The minimum atomic E-state index is -1.02. The predicted molar refractivity (Wildman–Crippen MR) is 115 cm³/mol. The van der Waals surface area contributed by atoms with Crippen molar-refractivity contribution in [3.05, 3.63) is 77.9 Å². The first-order valence-corrected chi connectivity index (χ1v) is 10.1. The number of hydrogen-bond acceptors (Lipinski definition) is 6. The second-order valence-electron chi connectivity index (χ2n) is 7.62. The molecule has 3 aromatic rings. The SMILES string of the molecule is Oc1c(F)cc2c(c1F)N(c1ccc(N3CCOC[C@H]3Cc3ccccc3)cc1)NN2. The van der Waals surface area contributed by atoms with Gasteiger partial charge in [0.25, 0.3) is 0 Å². The summed E-state index contributed by atoms with van der Waals surface area (Å²) in [6.07, 6.45) is 0.879. The first-order chi connectivity index (χ1) is 15.1. The third-order valence-electron chi connectivity index (χ3n) is 5.68. The molecule has 0 amide bonds. The average molecular weight is 424 g/mol. The molecule has 160 valence electrons. The molecule has 0 saturated carbocycles. The number of benzene rings is 3. The second kappa shape index (κ2) is 8.05. The summed E-state index contributed by atoms with van der Waals surface area (Å²) in [4.78, 5) is 2.33. The number of phenolic OH excluding ortho intramolecular Hbond substituents is 1. The van der Waals surface area contributed by atoms with Gasteiger partial charge in [0.05, 0.1) is 30.6 Å². The lowest BCUT2D eigenvalue weighted by atomic mass is 10.0. The van der Waals surface area contributed by atoms with Crippen LogP contribution >= 0.6 is 0 Å². The van der Waals surface area contributed by atoms with Crippen molar-refractivity contribution in [2.75, 3.05) is 35.1 Å². The van der Waals surface area contributed by atoms with E-state index in [2.05, 4.69) is 28.0 Å². The Hall–Kier alpha value is -3.36. The Morgan fingerprint density at radius 1 is 1.03 bits per heavy atom. The molecule has 6 nitrogen and oxygen atoms in total. The Bertz CT molecular complexity index is 1080. The first-order valence-electron chi connectivity index (χ1n) is 10.1. The van der Waals surface area contributed by atoms with Crippen molar-refractivity contribution in [3.8, 4) is 5.75 Å². The fourth-order valence-corrected chi connectivity index (χ4v) is 4.12. The molecule has 2 aliphatic rings. The average Bonchev–Trinajstić information content (AvgIpc) is 3.22. The Balaban J connectivity index is 1.39. The van der Waals surface area contributed by atoms with Gasteiger partial charge in [-0.3, -0.25) is 5.01 Å². The van der Waals surface area contributed by atoms with Crippen LogP contribution in [0.3, 0.4) is 0 Å². The van der Waals surface area contributed by atoms with Crippen LogP contribution in [0.5, 0.6) is 5.75 Å². The summed E-state index contributed by atoms with van der Waals surface area (Å²) in [6.45, 7) is 2.09. The number of hydrogen-bond donors (Lipinski definition) is 3. The summed E-state index contributed by atoms with van der Waals surface area (Å²) in [5.41, 5.74) is 8.74. The van der Waals surface area contributed by atoms with E-state index in [1.807, 2.05) is 42.5 Å². The van der Waals surface area contributed by atoms with E-state index in [4.69, 9.17) is 4.74 Å². The number of nitrogens with one attached hydrogen (secondary N) is 2. The van der Waals surface area contributed by atoms with E-state index < -0.39 is 17.4 Å². The quantitative estimate of drug-likeness (QED) is 0.549. The van der Waals surface area contributed by atoms with Crippen LogP contribution < -0.4 is 20.9 Å². The second-order valence-corrected chi connectivity index (χ2v) is 7.62. The zero-order valence-electron chi connectivity index (χ0n) is 16.7. The van der Waals surface area contributed by atoms with Gasteiger partial charge in [-0.05, 0) is 36.2 Å². The van der Waals surface area contributed by atoms with Gasteiger partial charge in [-0.1, -0.05) is 30.3 Å². The van der Waals surface area contributed by atoms with E-state index >= 15 is 0 Å². The highest BCUT2D eigenvalue weighted by Crippen LogP contribution is 2.42. The molecule has 1 fully saturated rings. The summed E-state index contributed by atoms with van der Waals surface area (Å²) >= 11 is 0. The number of phenols is 1. The van der Waals surface area contributed by atoms with Crippen molar-refractivity contribution in [2.45, 2.75) is 12.5 Å². The third-order valence-corrected chi connectivity index (χ3v) is 5.68. The van der Waals surface area contributed by atoms with Crippen LogP contribution in [-0.4, -0.2) is 30.9 Å². The summed E-state index contributed by atoms with van der Waals surface area (Å²) in [6, 6.07) is 19.2. The van der Waals surface area contributed by atoms with Crippen molar-refractivity contribution in [3.63, 3.8) is 0 Å². The standard InChI is InChI=1S/C23H22F2N4O2/c24-19-13-20-22(21(25)23(19)30)29(27-26-20)17-8-6-16(7-9-17)28-10-11-31-14-18(28)12-15-4-2-1-3-5-15/h1-9,13,18,26-27,30H,10-12,14H2/t18-/m1/s1. The van der Waals surface area contributed by atoms with Gasteiger partial charge >= 0.3 is 0 Å². The molecule has 0 spiro atoms. The highest BCUT2D eigenvalue weighted by atomic mass is 19.1. The fraction of sp³-hybridized carbons (Fsp3) is 0.217. The summed E-state index contributed by atoms with van der Waals surface area (Å²) in [5.74, 6) is -3.03. The van der Waals surface area contributed by atoms with Gasteiger partial charge < -0.3 is 20.2 Å². The van der Waals surface area contributed by atoms with Crippen LogP contribution in [0.15, 0.2) is 60.7 Å². The number of morpholine rings is 1. The molecule has 0 aliphatic carbocycles. The van der Waals surface area contributed by atoms with Crippen LogP contribution in [0.25, 0.3) is 0 Å². The summed E-state index contributed by atoms with van der Waals surface area (Å²) in [5, 5.41) is 11.1. The number of aromatic hydroxyl groups is 1. The molecule has 0 radical (unpaired) electrons. The Morgan fingerprint density at radius 2 is 1.77 bits per heavy atom. The molecule has 2 aliphatic heterocycles. The Kier molecular flexibility index (Phi) is 5.09. The molecule has 2 heterocycles. The van der Waals surface area contributed by atoms with Crippen LogP contribution in [-0.2, 0) is 11.2 Å². The highest BCUT2D eigenvalue weighted by molar-refractivity contribution is 5.81. The maximum absolute atomic E-state index is 14.5. The number of ether oxygens (including phenoxy) is 1. The summed E-state index contributed by atoms with van der Waals surface area (Å²) in [7, 11) is 0. The van der Waals surface area contributed by atoms with E-state index in [9.17, 15) is 13.9 Å². The summed E-state index contributed by atoms with van der Waals surface area (Å²) < 4.78 is 33.8. The van der Waals surface area contributed by atoms with Crippen LogP contribution in [0, 0.1) is 11.6 Å². The van der Waals surface area contributed by atoms with Gasteiger partial charge in [-0.25, -0.2) is 8.78 Å². The number of nitrogens with zero attached hydrogens (tertiary/aromatic N) is 2. The maximum Gasteiger partial charge on any atom is 0.195 e. The number of rotatable bonds is 4. The topological polar surface area (TPSA) is 60.0 Å². The van der Waals surface area contributed by atoms with E-state index in [0.717, 1.165) is 24.7 Å². The lowest BCUT2D eigenvalue weighted by molar-refractivity contribution is 0.0941. The number of halogens is 2. The van der Waals surface area contributed by atoms with Gasteiger partial charge in [0, 0.05) is 18.3 Å². The molecule has 1 saturated heterocycles. The minimum Gasteiger partial charge on any atom is -0.503 e. The lowest BCUT2D eigenvalue weighted by Crippen LogP contribution is -2.46. The molecule has 0 bridgehead atoms. The molecular formula is C23H22F2N4O2. The number of fused-ring (bicyclic) bond motifs is 1. The van der Waals surface area contributed by atoms with Crippen LogP contribution in [0.1, 0.15) is 5.56 Å². The number of anilines is 4. The highest BCUT2D eigenvalue weighted by Gasteiger charge is 2.29. The smallest absolute Gasteiger partial charge is 0.195 e. The Labute approximate surface area is 178 Å². The molecule has 31 heavy (non-hydrogen) atoms. The van der Waals surface area contributed by atoms with Gasteiger partial charge in [0.1, 0.15) is 5.69 Å². The predicted octanol–water partition coefficient (Wildman–Crippen LogP) is 4.10. The van der Waals surface area contributed by atoms with E-state index in [0.29, 0.717) is 18.9 Å². The molecule has 5 rings (SSSR count). The van der Waals surface area contributed by atoms with Gasteiger partial charge in [0.15, 0.2) is 17.4 Å². The fourth-order valence-electron chi connectivity index (χ4n) is 4.12. The van der Waals surface area contributed by atoms with Gasteiger partial charge in [-0.2, -0.15) is 0 Å². The third kappa shape index (κ3) is 3.64. The van der Waals surface area contributed by atoms with E-state index in [1.54, 1.807) is 0 Å². The van der Waals surface area contributed by atoms with Crippen molar-refractivity contribution >= 4 is 22.7 Å². The van der Waals surface area contributed by atoms with Crippen molar-refractivity contribution in [1.29, 1.82) is 0 Å². The van der Waals surface area contributed by atoms with Gasteiger partial charge in [0.2, 0.25) is 0 Å². The molecule has 0 aromatic heterocycles. The van der Waals surface area contributed by atoms with Crippen molar-refractivity contribution < 1.29 is 18.6 Å². The monoisotopic (exact) mass is 424 g/mol. The molecule has 8 heteroatoms. The van der Waals surface area contributed by atoms with E-state index in [1.165, 1.54) is 10.6 Å². The van der Waals surface area contributed by atoms with Crippen molar-refractivity contribution in [2.24, 2.45) is 0 Å².